The second-order valence-electron chi connectivity index (χ2n) is 6.66. The first kappa shape index (κ1) is 20.8. The third-order valence-electron chi connectivity index (χ3n) is 4.76. The van der Waals surface area contributed by atoms with E-state index in [0.717, 1.165) is 10.5 Å². The lowest BCUT2D eigenvalue weighted by molar-refractivity contribution is -0.134. The number of carbonyl (C=O) groups is 3. The van der Waals surface area contributed by atoms with E-state index >= 15 is 0 Å². The second kappa shape index (κ2) is 9.51. The molecule has 0 radical (unpaired) electrons. The highest BCUT2D eigenvalue weighted by Crippen LogP contribution is 2.24. The Bertz CT molecular complexity index is 980. The van der Waals surface area contributed by atoms with E-state index in [1.807, 2.05) is 12.1 Å². The normalized spacial score (nSPS) is 14.4. The van der Waals surface area contributed by atoms with Crippen LogP contribution >= 0.6 is 0 Å². The molecular formula is C22H21N5O3. The van der Waals surface area contributed by atoms with Crippen LogP contribution in [-0.2, 0) is 14.4 Å². The number of rotatable bonds is 9. The molecule has 1 aliphatic rings. The average molecular weight is 403 g/mol. The first-order chi connectivity index (χ1) is 14.5. The highest BCUT2D eigenvalue weighted by atomic mass is 16.2. The lowest BCUT2D eigenvalue weighted by Gasteiger charge is -2.20. The third kappa shape index (κ3) is 4.54. The van der Waals surface area contributed by atoms with E-state index in [4.69, 9.17) is 0 Å². The number of aromatic nitrogens is 3. The van der Waals surface area contributed by atoms with Gasteiger partial charge in [-0.1, -0.05) is 18.2 Å². The van der Waals surface area contributed by atoms with Gasteiger partial charge in [-0.2, -0.15) is 0 Å². The van der Waals surface area contributed by atoms with E-state index < -0.39 is 17.6 Å². The Labute approximate surface area is 174 Å². The van der Waals surface area contributed by atoms with Crippen molar-refractivity contribution in [3.63, 3.8) is 0 Å². The van der Waals surface area contributed by atoms with Gasteiger partial charge in [0.05, 0.1) is 0 Å². The van der Waals surface area contributed by atoms with Gasteiger partial charge in [-0.15, -0.1) is 13.2 Å². The van der Waals surface area contributed by atoms with Crippen LogP contribution in [0.3, 0.4) is 0 Å². The predicted octanol–water partition coefficient (Wildman–Crippen LogP) is 1.95. The van der Waals surface area contributed by atoms with Crippen molar-refractivity contribution in [2.24, 2.45) is 5.92 Å². The molecule has 0 spiro atoms. The quantitative estimate of drug-likeness (QED) is 0.390. The Morgan fingerprint density at radius 2 is 1.87 bits per heavy atom. The first-order valence-electron chi connectivity index (χ1n) is 9.35. The number of carbonyl (C=O) groups excluding carboxylic acids is 3. The van der Waals surface area contributed by atoms with Crippen molar-refractivity contribution < 1.29 is 14.4 Å². The zero-order valence-corrected chi connectivity index (χ0v) is 16.3. The molecule has 3 rings (SSSR count). The fourth-order valence-electron chi connectivity index (χ4n) is 3.08. The van der Waals surface area contributed by atoms with Crippen LogP contribution in [0.4, 0.5) is 5.95 Å². The lowest BCUT2D eigenvalue weighted by atomic mass is 9.89. The molecule has 3 heterocycles. The van der Waals surface area contributed by atoms with Gasteiger partial charge in [0.15, 0.2) is 0 Å². The van der Waals surface area contributed by atoms with Crippen LogP contribution in [-0.4, -0.2) is 39.1 Å². The van der Waals surface area contributed by atoms with Crippen LogP contribution in [0, 0.1) is 5.92 Å². The van der Waals surface area contributed by atoms with Crippen molar-refractivity contribution in [1.29, 1.82) is 0 Å². The minimum atomic E-state index is -0.895. The van der Waals surface area contributed by atoms with Crippen LogP contribution in [0.25, 0.3) is 0 Å². The third-order valence-corrected chi connectivity index (χ3v) is 4.76. The monoisotopic (exact) mass is 403 g/mol. The van der Waals surface area contributed by atoms with E-state index in [1.165, 1.54) is 18.6 Å². The molecule has 8 nitrogen and oxygen atoms in total. The van der Waals surface area contributed by atoms with Crippen LogP contribution in [0.2, 0.25) is 0 Å². The molecule has 2 aromatic heterocycles. The Morgan fingerprint density at radius 1 is 1.13 bits per heavy atom. The molecule has 1 unspecified atom stereocenters. The van der Waals surface area contributed by atoms with Crippen molar-refractivity contribution >= 4 is 23.5 Å². The molecule has 1 aliphatic heterocycles. The summed E-state index contributed by atoms with van der Waals surface area (Å²) in [6, 6.07) is 5.33. The molecule has 0 fully saturated rings. The molecule has 1 atom stereocenters. The van der Waals surface area contributed by atoms with E-state index in [0.29, 0.717) is 6.42 Å². The fraction of sp³-hybridized carbons (Fsp3) is 0.182. The maximum Gasteiger partial charge on any atom is 0.306 e. The molecule has 0 aromatic carbocycles. The SMILES string of the molecule is C=CC(C=C)CC(CNC(=O)C1=CN(c2ncccn2)C(=O)C1=O)c1cccnc1. The number of pyridine rings is 1. The molecule has 8 heteroatoms. The summed E-state index contributed by atoms with van der Waals surface area (Å²) in [5.74, 6) is -2.39. The van der Waals surface area contributed by atoms with Gasteiger partial charge >= 0.3 is 5.91 Å². The Kier molecular flexibility index (Phi) is 6.59. The molecule has 0 aliphatic carbocycles. The largest absolute Gasteiger partial charge is 0.351 e. The number of hydrogen-bond donors (Lipinski definition) is 1. The standard InChI is InChI=1S/C22H21N5O3/c1-3-15(4-2)11-17(16-7-5-8-23-12-16)13-26-20(29)18-14-27(21(30)19(18)28)22-24-9-6-10-25-22/h3-10,12,14-15,17H,1-2,11,13H2,(H,26,29). The summed E-state index contributed by atoms with van der Waals surface area (Å²) >= 11 is 0. The predicted molar refractivity (Wildman–Crippen MR) is 111 cm³/mol. The van der Waals surface area contributed by atoms with Crippen LogP contribution in [0.5, 0.6) is 0 Å². The molecule has 0 bridgehead atoms. The topological polar surface area (TPSA) is 105 Å². The second-order valence-corrected chi connectivity index (χ2v) is 6.66. The van der Waals surface area contributed by atoms with Gasteiger partial charge in [-0.25, -0.2) is 14.9 Å². The zero-order chi connectivity index (χ0) is 21.5. The number of hydrogen-bond acceptors (Lipinski definition) is 6. The highest BCUT2D eigenvalue weighted by molar-refractivity contribution is 6.55. The van der Waals surface area contributed by atoms with Gasteiger partial charge in [0, 0.05) is 43.4 Å². The van der Waals surface area contributed by atoms with Crippen LogP contribution in [0.1, 0.15) is 17.9 Å². The number of allylic oxidation sites excluding steroid dienone is 2. The Balaban J connectivity index is 1.74. The molecule has 0 saturated carbocycles. The van der Waals surface area contributed by atoms with Gasteiger partial charge in [0.2, 0.25) is 5.95 Å². The van der Waals surface area contributed by atoms with Crippen molar-refractivity contribution in [2.75, 3.05) is 11.4 Å². The minimum absolute atomic E-state index is 0.0340. The van der Waals surface area contributed by atoms with Gasteiger partial charge in [-0.05, 0) is 30.0 Å². The van der Waals surface area contributed by atoms with E-state index in [1.54, 1.807) is 30.6 Å². The molecule has 2 amide bonds. The molecule has 2 aromatic rings. The van der Waals surface area contributed by atoms with E-state index in [2.05, 4.69) is 33.4 Å². The van der Waals surface area contributed by atoms with E-state index in [-0.39, 0.29) is 29.9 Å². The fourth-order valence-corrected chi connectivity index (χ4v) is 3.08. The number of nitrogens with zero attached hydrogens (tertiary/aromatic N) is 4. The average Bonchev–Trinajstić information content (AvgIpc) is 3.09. The molecule has 152 valence electrons. The molecule has 0 saturated heterocycles. The number of amides is 2. The highest BCUT2D eigenvalue weighted by Gasteiger charge is 2.37. The van der Waals surface area contributed by atoms with Crippen molar-refractivity contribution in [1.82, 2.24) is 20.3 Å². The number of Topliss-reactive ketones (excluding diaryl/α,β-unsaturated/α-hetero) is 1. The summed E-state index contributed by atoms with van der Waals surface area (Å²) in [6.45, 7) is 7.87. The number of nitrogens with one attached hydrogen (secondary N) is 1. The minimum Gasteiger partial charge on any atom is -0.351 e. The van der Waals surface area contributed by atoms with Gasteiger partial charge in [-0.3, -0.25) is 19.4 Å². The number of ketones is 1. The lowest BCUT2D eigenvalue weighted by Crippen LogP contribution is -2.33. The summed E-state index contributed by atoms with van der Waals surface area (Å²) < 4.78 is 0. The number of anilines is 1. The Hall–Kier alpha value is -3.94. The molecule has 30 heavy (non-hydrogen) atoms. The smallest absolute Gasteiger partial charge is 0.306 e. The van der Waals surface area contributed by atoms with Gasteiger partial charge < -0.3 is 5.32 Å². The van der Waals surface area contributed by atoms with E-state index in [9.17, 15) is 14.4 Å². The first-order valence-corrected chi connectivity index (χ1v) is 9.35. The van der Waals surface area contributed by atoms with Gasteiger partial charge in [0.25, 0.3) is 11.7 Å². The molecule has 1 N–H and O–H groups in total. The van der Waals surface area contributed by atoms with Crippen LogP contribution < -0.4 is 10.2 Å². The zero-order valence-electron chi connectivity index (χ0n) is 16.3. The summed E-state index contributed by atoms with van der Waals surface area (Å²) in [6.07, 6.45) is 11.7. The van der Waals surface area contributed by atoms with Crippen LogP contribution in [0.15, 0.2) is 80.1 Å². The van der Waals surface area contributed by atoms with Crippen molar-refractivity contribution in [2.45, 2.75) is 12.3 Å². The summed E-state index contributed by atoms with van der Waals surface area (Å²) in [5, 5.41) is 2.76. The van der Waals surface area contributed by atoms with Crippen molar-refractivity contribution in [3.05, 3.63) is 85.6 Å². The summed E-state index contributed by atoms with van der Waals surface area (Å²) in [4.78, 5) is 50.2. The molecular weight excluding hydrogens is 382 g/mol. The Morgan fingerprint density at radius 3 is 2.50 bits per heavy atom. The van der Waals surface area contributed by atoms with Gasteiger partial charge in [0.1, 0.15) is 5.57 Å². The maximum absolute atomic E-state index is 12.7. The maximum atomic E-state index is 12.7. The van der Waals surface area contributed by atoms with Crippen molar-refractivity contribution in [3.8, 4) is 0 Å². The summed E-state index contributed by atoms with van der Waals surface area (Å²) in [7, 11) is 0. The summed E-state index contributed by atoms with van der Waals surface area (Å²) in [5.41, 5.74) is 0.690.